The van der Waals surface area contributed by atoms with Crippen LogP contribution < -0.4 is 15.5 Å². The number of hydrogen-bond acceptors (Lipinski definition) is 7. The fourth-order valence-electron chi connectivity index (χ4n) is 4.27. The molecule has 2 N–H and O–H groups in total. The first-order valence-corrected chi connectivity index (χ1v) is 11.0. The van der Waals surface area contributed by atoms with Gasteiger partial charge in [0, 0.05) is 37.1 Å². The van der Waals surface area contributed by atoms with E-state index >= 15 is 0 Å². The van der Waals surface area contributed by atoms with Crippen LogP contribution in [0.5, 0.6) is 0 Å². The van der Waals surface area contributed by atoms with Gasteiger partial charge in [-0.2, -0.15) is 0 Å². The van der Waals surface area contributed by atoms with Gasteiger partial charge in [-0.05, 0) is 30.3 Å². The average Bonchev–Trinajstić information content (AvgIpc) is 3.43. The number of carbonyl (C=O) groups is 1. The van der Waals surface area contributed by atoms with Crippen LogP contribution in [0.15, 0.2) is 66.9 Å². The standard InChI is InChI=1S/C25H27N5O3/c1-30(2)18-10-8-16(9-11-18)19-12-13-26-25(28-19)29-21-15-33-22-20(14-32-23(21)22)27-24(31)17-6-4-3-5-7-17/h3-13,20-23H,14-15H2,1-2H3,(H,27,31)(H,26,28,29). The van der Waals surface area contributed by atoms with E-state index in [-0.39, 0.29) is 30.2 Å². The molecule has 4 atom stereocenters. The molecular weight excluding hydrogens is 418 g/mol. The number of aromatic nitrogens is 2. The molecule has 4 unspecified atom stereocenters. The zero-order valence-electron chi connectivity index (χ0n) is 18.6. The minimum absolute atomic E-state index is 0.0972. The SMILES string of the molecule is CN(C)c1ccc(-c2ccnc(NC3COC4C(NC(=O)c5ccccc5)COC34)n2)cc1. The second-order valence-corrected chi connectivity index (χ2v) is 8.50. The largest absolute Gasteiger partial charge is 0.378 e. The van der Waals surface area contributed by atoms with Crippen molar-refractivity contribution < 1.29 is 14.3 Å². The lowest BCUT2D eigenvalue weighted by Gasteiger charge is -2.18. The molecule has 1 amide bonds. The maximum atomic E-state index is 12.5. The van der Waals surface area contributed by atoms with E-state index in [1.54, 1.807) is 18.3 Å². The van der Waals surface area contributed by atoms with E-state index in [1.807, 2.05) is 38.4 Å². The summed E-state index contributed by atoms with van der Waals surface area (Å²) in [6.07, 6.45) is 1.35. The summed E-state index contributed by atoms with van der Waals surface area (Å²) in [4.78, 5) is 23.7. The van der Waals surface area contributed by atoms with Crippen LogP contribution in [0.4, 0.5) is 11.6 Å². The molecule has 2 aliphatic heterocycles. The summed E-state index contributed by atoms with van der Waals surface area (Å²) in [7, 11) is 4.03. The van der Waals surface area contributed by atoms with Crippen molar-refractivity contribution in [3.63, 3.8) is 0 Å². The number of fused-ring (bicyclic) bond motifs is 1. The Balaban J connectivity index is 1.23. The van der Waals surface area contributed by atoms with Crippen molar-refractivity contribution >= 4 is 17.5 Å². The molecule has 2 aliphatic rings. The molecule has 0 saturated carbocycles. The van der Waals surface area contributed by atoms with Gasteiger partial charge in [-0.3, -0.25) is 4.79 Å². The molecule has 2 saturated heterocycles. The van der Waals surface area contributed by atoms with Crippen molar-refractivity contribution in [2.75, 3.05) is 37.5 Å². The van der Waals surface area contributed by atoms with Crippen LogP contribution in [0.3, 0.4) is 0 Å². The van der Waals surface area contributed by atoms with E-state index in [9.17, 15) is 4.79 Å². The third-order valence-electron chi connectivity index (χ3n) is 6.06. The Hall–Kier alpha value is -3.49. The first-order valence-electron chi connectivity index (χ1n) is 11.0. The van der Waals surface area contributed by atoms with Crippen molar-refractivity contribution in [1.82, 2.24) is 15.3 Å². The second-order valence-electron chi connectivity index (χ2n) is 8.50. The van der Waals surface area contributed by atoms with Gasteiger partial charge in [0.15, 0.2) is 0 Å². The number of carbonyl (C=O) groups excluding carboxylic acids is 1. The minimum Gasteiger partial charge on any atom is -0.378 e. The number of benzene rings is 2. The molecule has 2 aromatic carbocycles. The number of nitrogens with zero attached hydrogens (tertiary/aromatic N) is 3. The topological polar surface area (TPSA) is 88.6 Å². The first-order chi connectivity index (χ1) is 16.1. The molecule has 0 bridgehead atoms. The summed E-state index contributed by atoms with van der Waals surface area (Å²) in [5.41, 5.74) is 3.62. The second kappa shape index (κ2) is 9.17. The van der Waals surface area contributed by atoms with Gasteiger partial charge in [0.1, 0.15) is 12.2 Å². The molecule has 170 valence electrons. The Morgan fingerprint density at radius 3 is 2.36 bits per heavy atom. The number of rotatable bonds is 6. The Kier molecular flexibility index (Phi) is 5.93. The molecule has 2 fully saturated rings. The van der Waals surface area contributed by atoms with Crippen LogP contribution in [0, 0.1) is 0 Å². The van der Waals surface area contributed by atoms with Crippen LogP contribution in [0.2, 0.25) is 0 Å². The zero-order valence-corrected chi connectivity index (χ0v) is 18.6. The summed E-state index contributed by atoms with van der Waals surface area (Å²) < 4.78 is 12.0. The van der Waals surface area contributed by atoms with Crippen molar-refractivity contribution in [3.05, 3.63) is 72.4 Å². The monoisotopic (exact) mass is 445 g/mol. The third-order valence-corrected chi connectivity index (χ3v) is 6.06. The number of nitrogens with one attached hydrogen (secondary N) is 2. The van der Waals surface area contributed by atoms with Gasteiger partial charge in [0.05, 0.1) is 31.0 Å². The molecule has 8 heteroatoms. The Labute approximate surface area is 193 Å². The van der Waals surface area contributed by atoms with Gasteiger partial charge >= 0.3 is 0 Å². The van der Waals surface area contributed by atoms with Crippen molar-refractivity contribution in [1.29, 1.82) is 0 Å². The highest BCUT2D eigenvalue weighted by Crippen LogP contribution is 2.29. The number of anilines is 2. The highest BCUT2D eigenvalue weighted by molar-refractivity contribution is 5.94. The summed E-state index contributed by atoms with van der Waals surface area (Å²) in [5.74, 6) is 0.403. The Morgan fingerprint density at radius 2 is 1.64 bits per heavy atom. The lowest BCUT2D eigenvalue weighted by atomic mass is 10.1. The van der Waals surface area contributed by atoms with E-state index in [1.165, 1.54) is 0 Å². The summed E-state index contributed by atoms with van der Waals surface area (Å²) in [5, 5.41) is 6.41. The van der Waals surface area contributed by atoms with Crippen LogP contribution in [-0.2, 0) is 9.47 Å². The minimum atomic E-state index is -0.211. The van der Waals surface area contributed by atoms with Crippen LogP contribution in [0.25, 0.3) is 11.3 Å². The predicted octanol–water partition coefficient (Wildman–Crippen LogP) is 2.59. The van der Waals surface area contributed by atoms with Gasteiger partial charge in [0.25, 0.3) is 5.91 Å². The van der Waals surface area contributed by atoms with Crippen molar-refractivity contribution in [2.45, 2.75) is 24.3 Å². The van der Waals surface area contributed by atoms with Crippen LogP contribution >= 0.6 is 0 Å². The van der Waals surface area contributed by atoms with Gasteiger partial charge in [-0.15, -0.1) is 0 Å². The van der Waals surface area contributed by atoms with Gasteiger partial charge in [-0.1, -0.05) is 30.3 Å². The molecule has 5 rings (SSSR count). The average molecular weight is 446 g/mol. The highest BCUT2D eigenvalue weighted by atomic mass is 16.6. The van der Waals surface area contributed by atoms with Crippen LogP contribution in [0.1, 0.15) is 10.4 Å². The van der Waals surface area contributed by atoms with E-state index in [4.69, 9.17) is 9.47 Å². The first kappa shape index (κ1) is 21.4. The Bertz CT molecular complexity index is 1110. The quantitative estimate of drug-likeness (QED) is 0.603. The zero-order chi connectivity index (χ0) is 22.8. The molecule has 1 aromatic heterocycles. The maximum absolute atomic E-state index is 12.5. The van der Waals surface area contributed by atoms with E-state index in [0.29, 0.717) is 24.7 Å². The van der Waals surface area contributed by atoms with Gasteiger partial charge < -0.3 is 25.0 Å². The molecule has 3 heterocycles. The smallest absolute Gasteiger partial charge is 0.251 e. The summed E-state index contributed by atoms with van der Waals surface area (Å²) >= 11 is 0. The highest BCUT2D eigenvalue weighted by Gasteiger charge is 2.48. The number of ether oxygens (including phenoxy) is 2. The summed E-state index contributed by atoms with van der Waals surface area (Å²) in [6.45, 7) is 0.864. The van der Waals surface area contributed by atoms with E-state index in [2.05, 4.69) is 49.8 Å². The molecule has 0 radical (unpaired) electrons. The van der Waals surface area contributed by atoms with Crippen LogP contribution in [-0.4, -0.2) is 67.5 Å². The fourth-order valence-corrected chi connectivity index (χ4v) is 4.27. The molecule has 3 aromatic rings. The lowest BCUT2D eigenvalue weighted by Crippen LogP contribution is -2.44. The number of hydrogen-bond donors (Lipinski definition) is 2. The van der Waals surface area contributed by atoms with Gasteiger partial charge in [-0.25, -0.2) is 9.97 Å². The maximum Gasteiger partial charge on any atom is 0.251 e. The number of amides is 1. The van der Waals surface area contributed by atoms with Gasteiger partial charge in [0.2, 0.25) is 5.95 Å². The van der Waals surface area contributed by atoms with E-state index in [0.717, 1.165) is 16.9 Å². The molecule has 8 nitrogen and oxygen atoms in total. The molecular formula is C25H27N5O3. The molecule has 0 aliphatic carbocycles. The molecule has 33 heavy (non-hydrogen) atoms. The van der Waals surface area contributed by atoms with Crippen molar-refractivity contribution in [3.8, 4) is 11.3 Å². The fraction of sp³-hybridized carbons (Fsp3) is 0.320. The third kappa shape index (κ3) is 4.53. The molecule has 0 spiro atoms. The predicted molar refractivity (Wildman–Crippen MR) is 126 cm³/mol. The lowest BCUT2D eigenvalue weighted by molar-refractivity contribution is 0.0652. The van der Waals surface area contributed by atoms with E-state index < -0.39 is 0 Å². The normalized spacial score (nSPS) is 23.7. The van der Waals surface area contributed by atoms with Crippen molar-refractivity contribution in [2.24, 2.45) is 0 Å². The Morgan fingerprint density at radius 1 is 0.939 bits per heavy atom. The summed E-state index contributed by atoms with van der Waals surface area (Å²) in [6, 6.07) is 19.0.